The first-order chi connectivity index (χ1) is 44.9. The van der Waals surface area contributed by atoms with Crippen LogP contribution in [0, 0.1) is 17.0 Å². The van der Waals surface area contributed by atoms with E-state index in [1.54, 1.807) is 81.1 Å². The van der Waals surface area contributed by atoms with Crippen LogP contribution in [-0.4, -0.2) is 166 Å². The van der Waals surface area contributed by atoms with Gasteiger partial charge in [0.15, 0.2) is 11.6 Å². The van der Waals surface area contributed by atoms with Crippen molar-refractivity contribution in [3.63, 3.8) is 0 Å². The minimum atomic E-state index is -1.07. The Morgan fingerprint density at radius 1 is 0.777 bits per heavy atom. The van der Waals surface area contributed by atoms with E-state index in [0.29, 0.717) is 68.1 Å². The lowest BCUT2D eigenvalue weighted by molar-refractivity contribution is -0.147. The molecule has 0 saturated carbocycles. The largest absolute Gasteiger partial charge is 0.491 e. The summed E-state index contributed by atoms with van der Waals surface area (Å²) < 4.78 is 59.1. The van der Waals surface area contributed by atoms with Crippen LogP contribution < -0.4 is 26.0 Å². The van der Waals surface area contributed by atoms with E-state index in [2.05, 4.69) is 47.5 Å². The molecule has 2 aliphatic rings. The lowest BCUT2D eigenvalue weighted by atomic mass is 9.83. The zero-order chi connectivity index (χ0) is 67.5. The van der Waals surface area contributed by atoms with Crippen LogP contribution in [0.1, 0.15) is 124 Å². The minimum absolute atomic E-state index is 0.0775. The molecule has 504 valence electrons. The number of aromatic nitrogens is 5. The SMILES string of the molecule is C[C@@H](C(=O)NC(C(=O)N1Cc2cc(OCCOCCOCCOCCC(=O)N(C)CCCn3c(CNc4cccc(C(=O)NCc5c(F)cccc5F)c4)nnc3-c3ccncn3)ccc2C[C@H]1C(=O)N[C@@H]1CCCc2ccccc21)C(C)(C)C)N(C)C(=O)OC(C)(C)C. The number of aryl methyl sites for hydroxylation is 1. The van der Waals surface area contributed by atoms with E-state index in [1.807, 2.05) is 61.7 Å². The van der Waals surface area contributed by atoms with Gasteiger partial charge in [-0.05, 0) is 130 Å². The van der Waals surface area contributed by atoms with Gasteiger partial charge >= 0.3 is 6.09 Å². The molecule has 6 aromatic rings. The fourth-order valence-electron chi connectivity index (χ4n) is 11.0. The summed E-state index contributed by atoms with van der Waals surface area (Å²) in [6.45, 7) is 15.1. The van der Waals surface area contributed by atoms with E-state index in [-0.39, 0.29) is 87.9 Å². The molecule has 23 nitrogen and oxygen atoms in total. The number of amides is 6. The highest BCUT2D eigenvalue weighted by molar-refractivity contribution is 5.96. The van der Waals surface area contributed by atoms with Crippen LogP contribution in [0.25, 0.3) is 11.5 Å². The van der Waals surface area contributed by atoms with Crippen LogP contribution in [0.4, 0.5) is 19.3 Å². The maximum atomic E-state index is 15.0. The molecule has 0 saturated heterocycles. The van der Waals surface area contributed by atoms with E-state index in [0.717, 1.165) is 48.1 Å². The van der Waals surface area contributed by atoms with Crippen molar-refractivity contribution >= 4 is 41.3 Å². The van der Waals surface area contributed by atoms with E-state index in [1.165, 1.54) is 29.9 Å². The predicted molar refractivity (Wildman–Crippen MR) is 347 cm³/mol. The molecule has 3 heterocycles. The molecule has 0 radical (unpaired) electrons. The number of hydrogen-bond donors (Lipinski definition) is 4. The topological polar surface area (TPSA) is 263 Å². The standard InChI is InChI=1S/C69H88F2N12O11/c1-45(81(9)67(89)94-69(5,6)7)63(85)77-61(68(2,3)4)66(88)83-43-49-39-51(25-24-47(49)40-58(83)65(87)76-56-23-13-17-46-16-10-11-20-52(46)56)93-37-36-92-35-34-91-33-32-90-31-27-60(84)80(8)29-15-30-82-59(78-79-62(82)57-26-28-72-44-75-57)42-73-50-19-12-18-48(38-50)64(86)74-41-53-54(70)21-14-22-55(53)71/h10-12,14,16,18-22,24-26,28,38-39,44-45,56,58,61,73H,13,15,17,23,27,29-37,40-43H2,1-9H3,(H,74,86)(H,76,87)(H,77,85)/t45-,56+,58-,61?/m0/s1. The third-order valence-electron chi connectivity index (χ3n) is 16.3. The van der Waals surface area contributed by atoms with E-state index >= 15 is 4.79 Å². The fraction of sp³-hybridized carbons (Fsp3) is 0.478. The molecule has 0 fully saturated rings. The smallest absolute Gasteiger partial charge is 0.410 e. The Morgan fingerprint density at radius 2 is 1.49 bits per heavy atom. The van der Waals surface area contributed by atoms with Crippen LogP contribution in [0.5, 0.6) is 5.75 Å². The van der Waals surface area contributed by atoms with Gasteiger partial charge in [0.25, 0.3) is 5.91 Å². The molecular formula is C69H88F2N12O11. The number of nitrogens with one attached hydrogen (secondary N) is 4. The van der Waals surface area contributed by atoms with Crippen LogP contribution in [0.2, 0.25) is 0 Å². The summed E-state index contributed by atoms with van der Waals surface area (Å²) in [5.74, 6) is -1.70. The number of anilines is 1. The second-order valence-corrected chi connectivity index (χ2v) is 25.5. The highest BCUT2D eigenvalue weighted by Crippen LogP contribution is 2.34. The molecule has 4 aromatic carbocycles. The van der Waals surface area contributed by atoms with Crippen LogP contribution in [0.15, 0.2) is 104 Å². The van der Waals surface area contributed by atoms with E-state index in [4.69, 9.17) is 23.7 Å². The number of fused-ring (bicyclic) bond motifs is 2. The molecule has 4 N–H and O–H groups in total. The summed E-state index contributed by atoms with van der Waals surface area (Å²) in [7, 11) is 3.21. The number of benzene rings is 4. The van der Waals surface area contributed by atoms with Crippen molar-refractivity contribution in [2.75, 3.05) is 72.2 Å². The van der Waals surface area contributed by atoms with Gasteiger partial charge < -0.3 is 59.3 Å². The molecule has 6 amide bonds. The molecule has 0 bridgehead atoms. The van der Waals surface area contributed by atoms with Gasteiger partial charge in [-0.1, -0.05) is 63.2 Å². The number of ether oxygens (including phenoxy) is 5. The number of carbonyl (C=O) groups is 6. The van der Waals surface area contributed by atoms with Gasteiger partial charge in [0.2, 0.25) is 23.6 Å². The Labute approximate surface area is 548 Å². The average Bonchev–Trinajstić information content (AvgIpc) is 0.914. The molecule has 1 aliphatic carbocycles. The molecule has 8 rings (SSSR count). The first-order valence-electron chi connectivity index (χ1n) is 31.9. The fourth-order valence-corrected chi connectivity index (χ4v) is 11.0. The highest BCUT2D eigenvalue weighted by atomic mass is 19.1. The molecular weight excluding hydrogens is 1210 g/mol. The average molecular weight is 1300 g/mol. The number of halogens is 2. The maximum Gasteiger partial charge on any atom is 0.410 e. The monoisotopic (exact) mass is 1300 g/mol. The van der Waals surface area contributed by atoms with Gasteiger partial charge in [-0.2, -0.15) is 0 Å². The lowest BCUT2D eigenvalue weighted by Gasteiger charge is -2.42. The third-order valence-corrected chi connectivity index (χ3v) is 16.3. The predicted octanol–water partition coefficient (Wildman–Crippen LogP) is 8.16. The Bertz CT molecular complexity index is 3540. The van der Waals surface area contributed by atoms with Gasteiger partial charge in [-0.3, -0.25) is 28.9 Å². The van der Waals surface area contributed by atoms with E-state index < -0.39 is 64.6 Å². The summed E-state index contributed by atoms with van der Waals surface area (Å²) in [5.41, 5.74) is 3.59. The summed E-state index contributed by atoms with van der Waals surface area (Å²) in [4.78, 5) is 95.3. The normalized spacial score (nSPS) is 15.2. The quantitative estimate of drug-likeness (QED) is 0.0310. The molecule has 1 unspecified atom stereocenters. The van der Waals surface area contributed by atoms with Crippen LogP contribution in [0.3, 0.4) is 0 Å². The van der Waals surface area contributed by atoms with Crippen molar-refractivity contribution in [2.24, 2.45) is 5.41 Å². The number of rotatable bonds is 30. The van der Waals surface area contributed by atoms with Gasteiger partial charge in [0.05, 0.1) is 58.6 Å². The van der Waals surface area contributed by atoms with Crippen molar-refractivity contribution in [3.05, 3.63) is 154 Å². The summed E-state index contributed by atoms with van der Waals surface area (Å²) in [5, 5.41) is 20.9. The van der Waals surface area contributed by atoms with Crippen LogP contribution in [-0.2, 0) is 77.1 Å². The van der Waals surface area contributed by atoms with Gasteiger partial charge in [0, 0.05) is 69.7 Å². The summed E-state index contributed by atoms with van der Waals surface area (Å²) in [6, 6.07) is 22.5. The zero-order valence-electron chi connectivity index (χ0n) is 55.2. The van der Waals surface area contributed by atoms with Crippen molar-refractivity contribution in [1.29, 1.82) is 0 Å². The van der Waals surface area contributed by atoms with Crippen molar-refractivity contribution in [3.8, 4) is 17.3 Å². The molecule has 2 aromatic heterocycles. The van der Waals surface area contributed by atoms with Gasteiger partial charge in [-0.25, -0.2) is 23.5 Å². The Balaban J connectivity index is 0.752. The number of carbonyl (C=O) groups excluding carboxylic acids is 6. The Morgan fingerprint density at radius 3 is 2.20 bits per heavy atom. The minimum Gasteiger partial charge on any atom is -0.491 e. The summed E-state index contributed by atoms with van der Waals surface area (Å²) >= 11 is 0. The lowest BCUT2D eigenvalue weighted by Crippen LogP contribution is -2.62. The molecule has 4 atom stereocenters. The molecule has 1 aliphatic heterocycles. The number of nitrogens with zero attached hydrogens (tertiary/aromatic N) is 8. The molecule has 25 heteroatoms. The number of likely N-dealkylation sites (N-methyl/N-ethyl adjacent to an activating group) is 1. The van der Waals surface area contributed by atoms with Crippen molar-refractivity contribution < 1.29 is 61.2 Å². The summed E-state index contributed by atoms with van der Waals surface area (Å²) in [6.07, 6.45) is 5.92. The second-order valence-electron chi connectivity index (χ2n) is 25.5. The molecule has 0 spiro atoms. The Hall–Kier alpha value is -8.94. The number of hydrogen-bond acceptors (Lipinski definition) is 16. The zero-order valence-corrected chi connectivity index (χ0v) is 55.2. The highest BCUT2D eigenvalue weighted by Gasteiger charge is 2.44. The van der Waals surface area contributed by atoms with Gasteiger partial charge in [-0.15, -0.1) is 10.2 Å². The molecule has 94 heavy (non-hydrogen) atoms. The Kier molecular flexibility index (Phi) is 25.1. The second kappa shape index (κ2) is 33.3. The van der Waals surface area contributed by atoms with Crippen molar-refractivity contribution in [1.82, 2.24) is 55.4 Å². The van der Waals surface area contributed by atoms with Crippen LogP contribution >= 0.6 is 0 Å². The van der Waals surface area contributed by atoms with Crippen molar-refractivity contribution in [2.45, 2.75) is 143 Å². The first kappa shape index (κ1) is 70.9. The maximum absolute atomic E-state index is 15.0. The van der Waals surface area contributed by atoms with E-state index in [9.17, 15) is 32.8 Å². The van der Waals surface area contributed by atoms with Gasteiger partial charge in [0.1, 0.15) is 59.7 Å². The third kappa shape index (κ3) is 19.8. The first-order valence-corrected chi connectivity index (χ1v) is 31.9.